The van der Waals surface area contributed by atoms with Crippen LogP contribution >= 0.6 is 23.4 Å². The Labute approximate surface area is 171 Å². The summed E-state index contributed by atoms with van der Waals surface area (Å²) in [6.45, 7) is 3.86. The molecule has 0 bridgehead atoms. The molecule has 144 valence electrons. The van der Waals surface area contributed by atoms with Gasteiger partial charge in [0.15, 0.2) is 5.82 Å². The van der Waals surface area contributed by atoms with Crippen LogP contribution in [-0.2, 0) is 4.79 Å². The number of rotatable bonds is 5. The number of H-pyrrole nitrogens is 1. The van der Waals surface area contributed by atoms with Crippen molar-refractivity contribution in [2.75, 3.05) is 11.1 Å². The van der Waals surface area contributed by atoms with Gasteiger partial charge in [-0.05, 0) is 49.7 Å². The Morgan fingerprint density at radius 2 is 1.89 bits per heavy atom. The van der Waals surface area contributed by atoms with E-state index in [0.717, 1.165) is 28.5 Å². The van der Waals surface area contributed by atoms with E-state index in [9.17, 15) is 9.59 Å². The monoisotopic (exact) mass is 415 g/mol. The molecule has 0 saturated heterocycles. The smallest absolute Gasteiger partial charge is 0.307 e. The molecule has 28 heavy (non-hydrogen) atoms. The lowest BCUT2D eigenvalue weighted by atomic mass is 10.1. The number of aromatic amines is 1. The van der Waals surface area contributed by atoms with E-state index in [1.807, 2.05) is 38.1 Å². The summed E-state index contributed by atoms with van der Waals surface area (Å²) >= 11 is 7.00. The van der Waals surface area contributed by atoms with Crippen LogP contribution in [0.4, 0.5) is 10.5 Å². The number of carbonyl (C=O) groups is 2. The molecule has 0 saturated carbocycles. The first-order chi connectivity index (χ1) is 13.4. The van der Waals surface area contributed by atoms with Gasteiger partial charge in [0.2, 0.25) is 11.1 Å². The van der Waals surface area contributed by atoms with E-state index in [1.165, 1.54) is 0 Å². The molecule has 0 aliphatic heterocycles. The zero-order valence-electron chi connectivity index (χ0n) is 15.2. The number of benzene rings is 2. The van der Waals surface area contributed by atoms with E-state index >= 15 is 0 Å². The molecule has 0 aliphatic rings. The van der Waals surface area contributed by atoms with Crippen molar-refractivity contribution in [2.45, 2.75) is 19.0 Å². The van der Waals surface area contributed by atoms with Gasteiger partial charge in [-0.15, -0.1) is 5.10 Å². The number of urea groups is 1. The van der Waals surface area contributed by atoms with Crippen LogP contribution in [0, 0.1) is 13.8 Å². The summed E-state index contributed by atoms with van der Waals surface area (Å²) < 4.78 is 0. The SMILES string of the molecule is Cc1ccc(NC(=O)NC(=O)CSc2n[nH]c(-c3ccc(Cl)cc3)n2)c(C)c1. The van der Waals surface area contributed by atoms with E-state index in [0.29, 0.717) is 21.7 Å². The number of thioether (sulfide) groups is 1. The molecule has 3 amide bonds. The van der Waals surface area contributed by atoms with E-state index in [4.69, 9.17) is 11.6 Å². The number of halogens is 1. The van der Waals surface area contributed by atoms with Crippen LogP contribution < -0.4 is 10.6 Å². The van der Waals surface area contributed by atoms with E-state index in [2.05, 4.69) is 25.8 Å². The minimum Gasteiger partial charge on any atom is -0.307 e. The summed E-state index contributed by atoms with van der Waals surface area (Å²) in [7, 11) is 0. The average Bonchev–Trinajstić information content (AvgIpc) is 3.12. The zero-order valence-corrected chi connectivity index (χ0v) is 16.8. The second-order valence-corrected chi connectivity index (χ2v) is 7.46. The normalized spacial score (nSPS) is 10.5. The molecule has 3 aromatic rings. The molecule has 0 aliphatic carbocycles. The molecule has 0 unspecified atom stereocenters. The van der Waals surface area contributed by atoms with E-state index in [1.54, 1.807) is 18.2 Å². The minimum atomic E-state index is -0.575. The fraction of sp³-hybridized carbons (Fsp3) is 0.158. The van der Waals surface area contributed by atoms with Crippen LogP contribution in [-0.4, -0.2) is 32.9 Å². The quantitative estimate of drug-likeness (QED) is 0.543. The number of carbonyl (C=O) groups excluding carboxylic acids is 2. The molecular weight excluding hydrogens is 398 g/mol. The number of anilines is 1. The maximum Gasteiger partial charge on any atom is 0.325 e. The number of aromatic nitrogens is 3. The van der Waals surface area contributed by atoms with Crippen molar-refractivity contribution in [3.05, 3.63) is 58.6 Å². The number of hydrogen-bond donors (Lipinski definition) is 3. The van der Waals surface area contributed by atoms with Crippen molar-refractivity contribution in [3.8, 4) is 11.4 Å². The fourth-order valence-electron chi connectivity index (χ4n) is 2.45. The molecule has 0 atom stereocenters. The number of amides is 3. The van der Waals surface area contributed by atoms with Crippen LogP contribution in [0.3, 0.4) is 0 Å². The second-order valence-electron chi connectivity index (χ2n) is 6.08. The Morgan fingerprint density at radius 1 is 1.14 bits per heavy atom. The molecule has 0 spiro atoms. The first kappa shape index (κ1) is 19.9. The summed E-state index contributed by atoms with van der Waals surface area (Å²) in [5.74, 6) is 0.148. The third-order valence-electron chi connectivity index (χ3n) is 3.80. The highest BCUT2D eigenvalue weighted by molar-refractivity contribution is 7.99. The standard InChI is InChI=1S/C19H18ClN5O2S/c1-11-3-8-15(12(2)9-11)21-18(27)22-16(26)10-28-19-23-17(24-25-19)13-4-6-14(20)7-5-13/h3-9H,10H2,1-2H3,(H,23,24,25)(H2,21,22,26,27). The van der Waals surface area contributed by atoms with Crippen LogP contribution in [0.25, 0.3) is 11.4 Å². The maximum absolute atomic E-state index is 12.0. The lowest BCUT2D eigenvalue weighted by molar-refractivity contribution is -0.117. The zero-order chi connectivity index (χ0) is 20.1. The summed E-state index contributed by atoms with van der Waals surface area (Å²) in [6, 6.07) is 12.2. The second kappa shape index (κ2) is 8.90. The van der Waals surface area contributed by atoms with E-state index in [-0.39, 0.29) is 5.75 Å². The molecule has 7 nitrogen and oxygen atoms in total. The number of imide groups is 1. The lowest BCUT2D eigenvalue weighted by Crippen LogP contribution is -2.35. The Morgan fingerprint density at radius 3 is 2.61 bits per heavy atom. The number of hydrogen-bond acceptors (Lipinski definition) is 5. The molecule has 9 heteroatoms. The Bertz CT molecular complexity index is 1000. The highest BCUT2D eigenvalue weighted by Crippen LogP contribution is 2.21. The van der Waals surface area contributed by atoms with Crippen molar-refractivity contribution in [1.82, 2.24) is 20.5 Å². The first-order valence-electron chi connectivity index (χ1n) is 8.40. The average molecular weight is 416 g/mol. The van der Waals surface area contributed by atoms with Gasteiger partial charge >= 0.3 is 6.03 Å². The number of nitrogens with zero attached hydrogens (tertiary/aromatic N) is 2. The van der Waals surface area contributed by atoms with Gasteiger partial charge < -0.3 is 5.32 Å². The largest absolute Gasteiger partial charge is 0.325 e. The van der Waals surface area contributed by atoms with Crippen molar-refractivity contribution in [2.24, 2.45) is 0 Å². The fourth-order valence-corrected chi connectivity index (χ4v) is 3.17. The Kier molecular flexibility index (Phi) is 6.33. The summed E-state index contributed by atoms with van der Waals surface area (Å²) in [5.41, 5.74) is 3.51. The molecule has 0 radical (unpaired) electrons. The molecule has 1 heterocycles. The number of nitrogens with one attached hydrogen (secondary N) is 3. The van der Waals surface area contributed by atoms with Gasteiger partial charge in [-0.25, -0.2) is 9.78 Å². The third kappa shape index (κ3) is 5.34. The summed E-state index contributed by atoms with van der Waals surface area (Å²) in [6.07, 6.45) is 0. The minimum absolute atomic E-state index is 0.0121. The lowest BCUT2D eigenvalue weighted by Gasteiger charge is -2.09. The Balaban J connectivity index is 1.50. The highest BCUT2D eigenvalue weighted by atomic mass is 35.5. The predicted octanol–water partition coefficient (Wildman–Crippen LogP) is 4.18. The number of aryl methyl sites for hydroxylation is 2. The van der Waals surface area contributed by atoms with Crippen molar-refractivity contribution in [3.63, 3.8) is 0 Å². The van der Waals surface area contributed by atoms with E-state index < -0.39 is 11.9 Å². The Hall–Kier alpha value is -2.84. The van der Waals surface area contributed by atoms with Crippen molar-refractivity contribution >= 4 is 41.0 Å². The van der Waals surface area contributed by atoms with Crippen LogP contribution in [0.1, 0.15) is 11.1 Å². The molecule has 0 fully saturated rings. The first-order valence-corrected chi connectivity index (χ1v) is 9.76. The maximum atomic E-state index is 12.0. The van der Waals surface area contributed by atoms with Crippen LogP contribution in [0.15, 0.2) is 47.6 Å². The molecule has 2 aromatic carbocycles. The summed E-state index contributed by atoms with van der Waals surface area (Å²) in [5, 5.41) is 12.9. The van der Waals surface area contributed by atoms with Gasteiger partial charge in [0.1, 0.15) is 0 Å². The molecular formula is C19H18ClN5O2S. The van der Waals surface area contributed by atoms with Gasteiger partial charge in [-0.3, -0.25) is 15.2 Å². The summed E-state index contributed by atoms with van der Waals surface area (Å²) in [4.78, 5) is 28.3. The van der Waals surface area contributed by atoms with Crippen LogP contribution in [0.5, 0.6) is 0 Å². The predicted molar refractivity (Wildman–Crippen MR) is 111 cm³/mol. The van der Waals surface area contributed by atoms with Gasteiger partial charge in [0.25, 0.3) is 0 Å². The molecule has 3 N–H and O–H groups in total. The van der Waals surface area contributed by atoms with Gasteiger partial charge in [0, 0.05) is 16.3 Å². The molecule has 3 rings (SSSR count). The molecule has 1 aromatic heterocycles. The van der Waals surface area contributed by atoms with Gasteiger partial charge in [-0.2, -0.15) is 0 Å². The highest BCUT2D eigenvalue weighted by Gasteiger charge is 2.12. The van der Waals surface area contributed by atoms with Crippen molar-refractivity contribution < 1.29 is 9.59 Å². The van der Waals surface area contributed by atoms with Gasteiger partial charge in [0.05, 0.1) is 5.75 Å². The topological polar surface area (TPSA) is 99.8 Å². The van der Waals surface area contributed by atoms with Gasteiger partial charge in [-0.1, -0.05) is 41.1 Å². The van der Waals surface area contributed by atoms with Crippen LogP contribution in [0.2, 0.25) is 5.02 Å². The third-order valence-corrected chi connectivity index (χ3v) is 4.90. The van der Waals surface area contributed by atoms with Crippen molar-refractivity contribution in [1.29, 1.82) is 0 Å².